The van der Waals surface area contributed by atoms with Crippen molar-refractivity contribution >= 4 is 5.78 Å². The molecule has 2 heteroatoms. The van der Waals surface area contributed by atoms with Crippen molar-refractivity contribution in [1.29, 1.82) is 0 Å². The zero-order valence-corrected chi connectivity index (χ0v) is 14.3. The first-order valence-corrected chi connectivity index (χ1v) is 9.70. The number of hydrogen-bond donors (Lipinski definition) is 1. The minimum Gasteiger partial charge on any atom is -0.393 e. The average Bonchev–Trinajstić information content (AvgIpc) is 2.84. The van der Waals surface area contributed by atoms with Crippen molar-refractivity contribution in [2.45, 2.75) is 77.7 Å². The van der Waals surface area contributed by atoms with Gasteiger partial charge in [0.05, 0.1) is 6.10 Å². The van der Waals surface area contributed by atoms with Gasteiger partial charge in [0.2, 0.25) is 0 Å². The van der Waals surface area contributed by atoms with Crippen molar-refractivity contribution in [3.05, 3.63) is 0 Å². The molecule has 124 valence electrons. The van der Waals surface area contributed by atoms with Crippen LogP contribution in [0.1, 0.15) is 71.6 Å². The molecule has 0 aromatic carbocycles. The number of aliphatic hydroxyl groups is 1. The second-order valence-corrected chi connectivity index (χ2v) is 9.19. The first-order valence-electron chi connectivity index (χ1n) is 9.70. The molecule has 2 nitrogen and oxygen atoms in total. The number of carbonyl (C=O) groups is 1. The van der Waals surface area contributed by atoms with E-state index in [1.807, 2.05) is 6.92 Å². The van der Waals surface area contributed by atoms with Gasteiger partial charge >= 0.3 is 0 Å². The normalized spacial score (nSPS) is 52.6. The Morgan fingerprint density at radius 2 is 1.86 bits per heavy atom. The lowest BCUT2D eigenvalue weighted by Crippen LogP contribution is -2.49. The highest BCUT2D eigenvalue weighted by Gasteiger charge is 2.57. The predicted octanol–water partition coefficient (Wildman–Crippen LogP) is 4.21. The highest BCUT2D eigenvalue weighted by Crippen LogP contribution is 2.64. The molecular weight excluding hydrogens is 272 g/mol. The molecule has 0 spiro atoms. The van der Waals surface area contributed by atoms with Crippen molar-refractivity contribution in [3.8, 4) is 0 Å². The van der Waals surface area contributed by atoms with E-state index in [9.17, 15) is 9.90 Å². The summed E-state index contributed by atoms with van der Waals surface area (Å²) < 4.78 is 0. The lowest BCUT2D eigenvalue weighted by molar-refractivity contribution is -0.128. The van der Waals surface area contributed by atoms with Crippen LogP contribution in [-0.4, -0.2) is 17.0 Å². The number of hydrogen-bond acceptors (Lipinski definition) is 2. The third kappa shape index (κ3) is 2.12. The van der Waals surface area contributed by atoms with E-state index >= 15 is 0 Å². The molecule has 0 saturated heterocycles. The van der Waals surface area contributed by atoms with Gasteiger partial charge in [0.25, 0.3) is 0 Å². The fourth-order valence-electron chi connectivity index (χ4n) is 7.49. The molecule has 0 bridgehead atoms. The summed E-state index contributed by atoms with van der Waals surface area (Å²) in [6, 6.07) is 0. The minimum absolute atomic E-state index is 0.143. The zero-order valence-electron chi connectivity index (χ0n) is 14.3. The van der Waals surface area contributed by atoms with E-state index < -0.39 is 0 Å². The quantitative estimate of drug-likeness (QED) is 0.788. The molecule has 0 aromatic heterocycles. The van der Waals surface area contributed by atoms with Crippen LogP contribution >= 0.6 is 0 Å². The summed E-state index contributed by atoms with van der Waals surface area (Å²) in [4.78, 5) is 11.8. The van der Waals surface area contributed by atoms with E-state index in [1.54, 1.807) is 0 Å². The molecule has 4 aliphatic carbocycles. The standard InChI is InChI=1S/C20H32O2/c1-12(21)18-7-8-19-17-5-3-13-11-14(22)4-6-15(13)16(17)9-10-20(18,19)2/h12-13,15-19,21H,3-11H2,1-2H3/t12?,13-,15-,16+,17+,18?,19-,20+/m0/s1. The van der Waals surface area contributed by atoms with E-state index in [0.29, 0.717) is 23.0 Å². The van der Waals surface area contributed by atoms with Crippen LogP contribution in [0.25, 0.3) is 0 Å². The Hall–Kier alpha value is -0.370. The van der Waals surface area contributed by atoms with E-state index in [0.717, 1.165) is 36.5 Å². The molecule has 0 amide bonds. The number of aliphatic hydroxyl groups excluding tert-OH is 1. The Bertz CT molecular complexity index is 457. The topological polar surface area (TPSA) is 37.3 Å². The Morgan fingerprint density at radius 3 is 2.64 bits per heavy atom. The highest BCUT2D eigenvalue weighted by molar-refractivity contribution is 5.79. The van der Waals surface area contributed by atoms with Crippen LogP contribution in [-0.2, 0) is 4.79 Å². The monoisotopic (exact) mass is 304 g/mol. The Balaban J connectivity index is 1.56. The third-order valence-corrected chi connectivity index (χ3v) is 8.42. The van der Waals surface area contributed by atoms with Crippen LogP contribution in [0.4, 0.5) is 0 Å². The van der Waals surface area contributed by atoms with Gasteiger partial charge in [-0.25, -0.2) is 0 Å². The van der Waals surface area contributed by atoms with Gasteiger partial charge in [-0.15, -0.1) is 0 Å². The van der Waals surface area contributed by atoms with Gasteiger partial charge in [0, 0.05) is 12.8 Å². The minimum atomic E-state index is -0.143. The van der Waals surface area contributed by atoms with Crippen LogP contribution in [0, 0.1) is 40.9 Å². The number of ketones is 1. The maximum absolute atomic E-state index is 11.8. The molecule has 0 radical (unpaired) electrons. The number of fused-ring (bicyclic) bond motifs is 5. The Labute approximate surface area is 135 Å². The van der Waals surface area contributed by atoms with Crippen molar-refractivity contribution in [1.82, 2.24) is 0 Å². The van der Waals surface area contributed by atoms with Crippen molar-refractivity contribution in [3.63, 3.8) is 0 Å². The molecule has 22 heavy (non-hydrogen) atoms. The van der Waals surface area contributed by atoms with Gasteiger partial charge < -0.3 is 5.11 Å². The van der Waals surface area contributed by atoms with Gasteiger partial charge in [0.15, 0.2) is 0 Å². The highest BCUT2D eigenvalue weighted by atomic mass is 16.3. The summed E-state index contributed by atoms with van der Waals surface area (Å²) in [7, 11) is 0. The van der Waals surface area contributed by atoms with Crippen molar-refractivity contribution < 1.29 is 9.90 Å². The fourth-order valence-corrected chi connectivity index (χ4v) is 7.49. The molecule has 0 aliphatic heterocycles. The second kappa shape index (κ2) is 5.33. The maximum atomic E-state index is 11.8. The number of Topliss-reactive ketones (excluding diaryl/α,β-unsaturated/α-hetero) is 1. The van der Waals surface area contributed by atoms with E-state index in [1.165, 1.54) is 44.9 Å². The Morgan fingerprint density at radius 1 is 1.05 bits per heavy atom. The van der Waals surface area contributed by atoms with Crippen LogP contribution in [0.5, 0.6) is 0 Å². The summed E-state index contributed by atoms with van der Waals surface area (Å²) in [5.74, 6) is 5.20. The molecule has 4 saturated carbocycles. The molecular formula is C20H32O2. The summed E-state index contributed by atoms with van der Waals surface area (Å²) in [6.45, 7) is 4.49. The molecule has 8 atom stereocenters. The summed E-state index contributed by atoms with van der Waals surface area (Å²) in [5, 5.41) is 10.2. The van der Waals surface area contributed by atoms with Gasteiger partial charge in [-0.05, 0) is 92.8 Å². The zero-order chi connectivity index (χ0) is 15.5. The van der Waals surface area contributed by atoms with E-state index in [-0.39, 0.29) is 6.10 Å². The molecule has 4 rings (SSSR count). The molecule has 0 aromatic rings. The van der Waals surface area contributed by atoms with E-state index in [2.05, 4.69) is 6.92 Å². The molecule has 4 fully saturated rings. The van der Waals surface area contributed by atoms with Crippen LogP contribution in [0.3, 0.4) is 0 Å². The fraction of sp³-hybridized carbons (Fsp3) is 0.950. The first-order chi connectivity index (χ1) is 10.5. The number of rotatable bonds is 1. The number of carbonyl (C=O) groups excluding carboxylic acids is 1. The van der Waals surface area contributed by atoms with Gasteiger partial charge in [-0.1, -0.05) is 6.92 Å². The SMILES string of the molecule is CC(O)C1CC[C@H]2[C@@H]3CC[C@H]4CC(=O)CC[C@@H]4[C@H]3CC[C@]12C. The molecule has 4 aliphatic rings. The lowest BCUT2D eigenvalue weighted by atomic mass is 9.49. The first kappa shape index (κ1) is 15.2. The van der Waals surface area contributed by atoms with Crippen molar-refractivity contribution in [2.75, 3.05) is 0 Å². The molecule has 1 N–H and O–H groups in total. The second-order valence-electron chi connectivity index (χ2n) is 9.19. The smallest absolute Gasteiger partial charge is 0.133 e. The third-order valence-electron chi connectivity index (χ3n) is 8.42. The van der Waals surface area contributed by atoms with Crippen molar-refractivity contribution in [2.24, 2.45) is 40.9 Å². The van der Waals surface area contributed by atoms with Gasteiger partial charge in [0.1, 0.15) is 5.78 Å². The van der Waals surface area contributed by atoms with Crippen LogP contribution in [0.2, 0.25) is 0 Å². The van der Waals surface area contributed by atoms with Gasteiger partial charge in [-0.2, -0.15) is 0 Å². The predicted molar refractivity (Wildman–Crippen MR) is 87.3 cm³/mol. The maximum Gasteiger partial charge on any atom is 0.133 e. The van der Waals surface area contributed by atoms with E-state index in [4.69, 9.17) is 0 Å². The molecule has 0 heterocycles. The van der Waals surface area contributed by atoms with Crippen LogP contribution in [0.15, 0.2) is 0 Å². The summed E-state index contributed by atoms with van der Waals surface area (Å²) >= 11 is 0. The summed E-state index contributed by atoms with van der Waals surface area (Å²) in [5.41, 5.74) is 0.382. The van der Waals surface area contributed by atoms with Crippen LogP contribution < -0.4 is 0 Å². The van der Waals surface area contributed by atoms with Gasteiger partial charge in [-0.3, -0.25) is 4.79 Å². The largest absolute Gasteiger partial charge is 0.393 e. The lowest BCUT2D eigenvalue weighted by Gasteiger charge is -2.55. The molecule has 2 unspecified atom stereocenters. The Kier molecular flexibility index (Phi) is 3.67. The summed E-state index contributed by atoms with van der Waals surface area (Å²) in [6.07, 6.45) is 10.6. The average molecular weight is 304 g/mol.